The number of hydrogen-bond acceptors (Lipinski definition) is 4. The molecule has 0 bridgehead atoms. The molecule has 0 aliphatic carbocycles. The Kier molecular flexibility index (Phi) is 6.26. The van der Waals surface area contributed by atoms with Gasteiger partial charge in [-0.2, -0.15) is 0 Å². The van der Waals surface area contributed by atoms with E-state index in [0.717, 1.165) is 6.42 Å². The first-order valence-corrected chi connectivity index (χ1v) is 7.09. The Morgan fingerprint density at radius 2 is 1.95 bits per heavy atom. The molecule has 0 aromatic heterocycles. The average molecular weight is 301 g/mol. The van der Waals surface area contributed by atoms with Crippen molar-refractivity contribution in [2.45, 2.75) is 32.6 Å². The number of primary amides is 1. The molecule has 4 N–H and O–H groups in total. The van der Waals surface area contributed by atoms with Gasteiger partial charge in [-0.15, -0.1) is 0 Å². The van der Waals surface area contributed by atoms with Gasteiger partial charge >= 0.3 is 18.1 Å². The van der Waals surface area contributed by atoms with E-state index in [0.29, 0.717) is 32.4 Å². The lowest BCUT2D eigenvalue weighted by Gasteiger charge is -2.38. The van der Waals surface area contributed by atoms with Crippen LogP contribution in [0, 0.1) is 5.41 Å². The first kappa shape index (κ1) is 17.1. The number of ether oxygens (including phenoxy) is 1. The van der Waals surface area contributed by atoms with E-state index in [1.54, 1.807) is 4.90 Å². The first-order chi connectivity index (χ1) is 9.91. The molecule has 1 fully saturated rings. The van der Waals surface area contributed by atoms with Gasteiger partial charge in [0, 0.05) is 13.1 Å². The molecule has 0 unspecified atom stereocenters. The molecule has 1 rings (SSSR count). The van der Waals surface area contributed by atoms with Crippen LogP contribution in [0.15, 0.2) is 0 Å². The maximum atomic E-state index is 11.9. The van der Waals surface area contributed by atoms with Crippen LogP contribution in [-0.2, 0) is 9.53 Å². The fourth-order valence-corrected chi connectivity index (χ4v) is 2.61. The smallest absolute Gasteiger partial charge is 0.404 e. The predicted octanol–water partition coefficient (Wildman–Crippen LogP) is 0.758. The molecule has 1 aliphatic rings. The number of carbonyl (C=O) groups excluding carboxylic acids is 2. The maximum absolute atomic E-state index is 11.9. The van der Waals surface area contributed by atoms with E-state index >= 15 is 0 Å². The number of carbonyl (C=O) groups is 3. The Balaban J connectivity index is 2.39. The third kappa shape index (κ3) is 4.80. The fraction of sp³-hybridized carbons (Fsp3) is 0.769. The van der Waals surface area contributed by atoms with Gasteiger partial charge in [-0.05, 0) is 19.3 Å². The highest BCUT2D eigenvalue weighted by molar-refractivity contribution is 5.77. The number of piperidine rings is 1. The molecular weight excluding hydrogens is 278 g/mol. The number of carboxylic acids is 1. The number of likely N-dealkylation sites (tertiary alicyclic amines) is 1. The van der Waals surface area contributed by atoms with E-state index in [2.05, 4.69) is 10.1 Å². The molecule has 0 atom stereocenters. The Labute approximate surface area is 123 Å². The van der Waals surface area contributed by atoms with Gasteiger partial charge in [0.2, 0.25) is 0 Å². The van der Waals surface area contributed by atoms with E-state index in [4.69, 9.17) is 5.73 Å². The molecule has 3 amide bonds. The van der Waals surface area contributed by atoms with Crippen molar-refractivity contribution in [3.05, 3.63) is 0 Å². The van der Waals surface area contributed by atoms with Crippen molar-refractivity contribution in [3.8, 4) is 0 Å². The van der Waals surface area contributed by atoms with Gasteiger partial charge in [0.15, 0.2) is 0 Å². The molecule has 0 radical (unpaired) electrons. The minimum Gasteiger partial charge on any atom is -0.481 e. The van der Waals surface area contributed by atoms with Gasteiger partial charge in [0.05, 0.1) is 12.0 Å². The van der Waals surface area contributed by atoms with Crippen molar-refractivity contribution >= 4 is 18.1 Å². The lowest BCUT2D eigenvalue weighted by atomic mass is 9.75. The molecule has 120 valence electrons. The zero-order valence-electron chi connectivity index (χ0n) is 12.3. The first-order valence-electron chi connectivity index (χ1n) is 7.09. The van der Waals surface area contributed by atoms with Crippen LogP contribution >= 0.6 is 0 Å². The molecule has 1 heterocycles. The summed E-state index contributed by atoms with van der Waals surface area (Å²) in [5.41, 5.74) is 4.09. The Morgan fingerprint density at radius 1 is 1.33 bits per heavy atom. The number of nitrogens with zero attached hydrogens (tertiary/aromatic N) is 1. The zero-order valence-corrected chi connectivity index (χ0v) is 12.3. The van der Waals surface area contributed by atoms with Crippen molar-refractivity contribution < 1.29 is 24.2 Å². The molecular formula is C13H23N3O5. The lowest BCUT2D eigenvalue weighted by molar-refractivity contribution is -0.152. The largest absolute Gasteiger partial charge is 0.481 e. The van der Waals surface area contributed by atoms with Crippen LogP contribution in [0.5, 0.6) is 0 Å². The highest BCUT2D eigenvalue weighted by atomic mass is 16.5. The number of carboxylic acid groups (broad SMARTS) is 1. The van der Waals surface area contributed by atoms with Crippen LogP contribution in [0.2, 0.25) is 0 Å². The third-order valence-electron chi connectivity index (χ3n) is 3.81. The van der Waals surface area contributed by atoms with Crippen molar-refractivity contribution in [3.63, 3.8) is 0 Å². The van der Waals surface area contributed by atoms with Crippen molar-refractivity contribution in [1.29, 1.82) is 0 Å². The molecule has 0 spiro atoms. The molecule has 8 nitrogen and oxygen atoms in total. The standard InChI is InChI=1S/C13H23N3O5/c1-2-3-13(10(17)18)4-7-16(8-5-13)12(20)15-6-9-21-11(14)19/h2-9H2,1H3,(H2,14,19)(H,15,20)(H,17,18). The number of urea groups is 1. The number of nitrogens with one attached hydrogen (secondary N) is 1. The maximum Gasteiger partial charge on any atom is 0.404 e. The Hall–Kier alpha value is -1.99. The summed E-state index contributed by atoms with van der Waals surface area (Å²) in [6.07, 6.45) is 1.48. The fourth-order valence-electron chi connectivity index (χ4n) is 2.61. The summed E-state index contributed by atoms with van der Waals surface area (Å²) in [4.78, 5) is 35.3. The van der Waals surface area contributed by atoms with Crippen LogP contribution in [0.1, 0.15) is 32.6 Å². The second kappa shape index (κ2) is 7.70. The van der Waals surface area contributed by atoms with Crippen LogP contribution in [-0.4, -0.2) is 54.3 Å². The summed E-state index contributed by atoms with van der Waals surface area (Å²) < 4.78 is 4.50. The third-order valence-corrected chi connectivity index (χ3v) is 3.81. The van der Waals surface area contributed by atoms with E-state index in [9.17, 15) is 19.5 Å². The summed E-state index contributed by atoms with van der Waals surface area (Å²) >= 11 is 0. The summed E-state index contributed by atoms with van der Waals surface area (Å²) in [6.45, 7) is 2.98. The summed E-state index contributed by atoms with van der Waals surface area (Å²) in [5.74, 6) is -0.778. The van der Waals surface area contributed by atoms with E-state index < -0.39 is 17.5 Å². The number of amides is 3. The Morgan fingerprint density at radius 3 is 2.43 bits per heavy atom. The molecule has 0 aromatic rings. The lowest BCUT2D eigenvalue weighted by Crippen LogP contribution is -2.50. The Bertz CT molecular complexity index is 391. The van der Waals surface area contributed by atoms with E-state index in [1.807, 2.05) is 6.92 Å². The minimum absolute atomic E-state index is 0.0177. The van der Waals surface area contributed by atoms with Crippen LogP contribution in [0.4, 0.5) is 9.59 Å². The van der Waals surface area contributed by atoms with Gasteiger partial charge in [0.1, 0.15) is 6.61 Å². The monoisotopic (exact) mass is 301 g/mol. The number of aliphatic carboxylic acids is 1. The van der Waals surface area contributed by atoms with Crippen LogP contribution in [0.3, 0.4) is 0 Å². The van der Waals surface area contributed by atoms with Gasteiger partial charge < -0.3 is 25.8 Å². The average Bonchev–Trinajstić information content (AvgIpc) is 2.44. The second-order valence-electron chi connectivity index (χ2n) is 5.22. The molecule has 21 heavy (non-hydrogen) atoms. The predicted molar refractivity (Wildman–Crippen MR) is 74.7 cm³/mol. The highest BCUT2D eigenvalue weighted by Gasteiger charge is 2.41. The molecule has 1 aliphatic heterocycles. The normalized spacial score (nSPS) is 17.1. The number of hydrogen-bond donors (Lipinski definition) is 3. The SMILES string of the molecule is CCCC1(C(=O)O)CCN(C(=O)NCCOC(N)=O)CC1. The van der Waals surface area contributed by atoms with Gasteiger partial charge in [0.25, 0.3) is 0 Å². The second-order valence-corrected chi connectivity index (χ2v) is 5.22. The van der Waals surface area contributed by atoms with Crippen LogP contribution in [0.25, 0.3) is 0 Å². The molecule has 0 saturated carbocycles. The van der Waals surface area contributed by atoms with Gasteiger partial charge in [-0.1, -0.05) is 13.3 Å². The number of nitrogens with two attached hydrogens (primary N) is 1. The molecule has 8 heteroatoms. The molecule has 1 saturated heterocycles. The summed E-state index contributed by atoms with van der Waals surface area (Å²) in [6, 6.07) is -0.279. The van der Waals surface area contributed by atoms with E-state index in [-0.39, 0.29) is 19.2 Å². The zero-order chi connectivity index (χ0) is 15.9. The number of rotatable bonds is 6. The van der Waals surface area contributed by atoms with Gasteiger partial charge in [-0.3, -0.25) is 4.79 Å². The summed E-state index contributed by atoms with van der Waals surface area (Å²) in [5, 5.41) is 12.0. The quantitative estimate of drug-likeness (QED) is 0.625. The van der Waals surface area contributed by atoms with Crippen molar-refractivity contribution in [2.75, 3.05) is 26.2 Å². The van der Waals surface area contributed by atoms with Crippen LogP contribution < -0.4 is 11.1 Å². The topological polar surface area (TPSA) is 122 Å². The van der Waals surface area contributed by atoms with Crippen molar-refractivity contribution in [2.24, 2.45) is 11.1 Å². The summed E-state index contributed by atoms with van der Waals surface area (Å²) in [7, 11) is 0. The van der Waals surface area contributed by atoms with E-state index in [1.165, 1.54) is 0 Å². The van der Waals surface area contributed by atoms with Crippen molar-refractivity contribution in [1.82, 2.24) is 10.2 Å². The molecule has 0 aromatic carbocycles. The van der Waals surface area contributed by atoms with Gasteiger partial charge in [-0.25, -0.2) is 9.59 Å². The highest BCUT2D eigenvalue weighted by Crippen LogP contribution is 2.36. The minimum atomic E-state index is -0.881.